The van der Waals surface area contributed by atoms with Crippen LogP contribution in [0.25, 0.3) is 0 Å². The largest absolute Gasteiger partial charge is 0.477 e. The van der Waals surface area contributed by atoms with Gasteiger partial charge in [0.15, 0.2) is 5.69 Å². The van der Waals surface area contributed by atoms with Crippen LogP contribution in [0, 0.1) is 6.92 Å². The van der Waals surface area contributed by atoms with E-state index in [4.69, 9.17) is 5.11 Å². The maximum atomic E-state index is 10.9. The van der Waals surface area contributed by atoms with Crippen molar-refractivity contribution in [2.75, 3.05) is 11.9 Å². The van der Waals surface area contributed by atoms with Crippen LogP contribution in [0.3, 0.4) is 0 Å². The van der Waals surface area contributed by atoms with Crippen molar-refractivity contribution >= 4 is 11.9 Å². The molecule has 0 aliphatic rings. The van der Waals surface area contributed by atoms with Gasteiger partial charge < -0.3 is 10.4 Å². The Bertz CT molecular complexity index is 408. The van der Waals surface area contributed by atoms with Gasteiger partial charge in [-0.2, -0.15) is 0 Å². The lowest BCUT2D eigenvalue weighted by Gasteiger charge is -2.06. The summed E-state index contributed by atoms with van der Waals surface area (Å²) in [4.78, 5) is 19.0. The van der Waals surface area contributed by atoms with Gasteiger partial charge in [-0.3, -0.25) is 0 Å². The Labute approximate surface area is 114 Å². The highest BCUT2D eigenvalue weighted by atomic mass is 16.4. The summed E-state index contributed by atoms with van der Waals surface area (Å²) in [7, 11) is 0. The van der Waals surface area contributed by atoms with E-state index in [0.717, 1.165) is 13.0 Å². The van der Waals surface area contributed by atoms with E-state index in [0.29, 0.717) is 11.6 Å². The van der Waals surface area contributed by atoms with E-state index in [1.165, 1.54) is 38.2 Å². The molecule has 0 unspecified atom stereocenters. The van der Waals surface area contributed by atoms with Gasteiger partial charge in [0.2, 0.25) is 5.95 Å². The standard InChI is InChI=1S/C14H23N3O2/c1-3-4-5-6-7-8-9-15-14-16-11(2)10-12(17-14)13(18)19/h10H,3-9H2,1-2H3,(H,18,19)(H,15,16,17). The summed E-state index contributed by atoms with van der Waals surface area (Å²) in [5.74, 6) is -0.612. The van der Waals surface area contributed by atoms with E-state index in [-0.39, 0.29) is 5.69 Å². The van der Waals surface area contributed by atoms with Crippen molar-refractivity contribution < 1.29 is 9.90 Å². The molecule has 0 radical (unpaired) electrons. The lowest BCUT2D eigenvalue weighted by molar-refractivity contribution is 0.0690. The van der Waals surface area contributed by atoms with Crippen LogP contribution in [0.4, 0.5) is 5.95 Å². The molecule has 0 aliphatic carbocycles. The predicted octanol–water partition coefficient (Wildman–Crippen LogP) is 3.26. The van der Waals surface area contributed by atoms with Gasteiger partial charge in [-0.05, 0) is 19.4 Å². The first-order chi connectivity index (χ1) is 9.13. The molecule has 1 rings (SSSR count). The minimum absolute atomic E-state index is 0.0398. The number of anilines is 1. The fraction of sp³-hybridized carbons (Fsp3) is 0.643. The third kappa shape index (κ3) is 6.18. The molecule has 2 N–H and O–H groups in total. The number of aromatic nitrogens is 2. The molecule has 5 nitrogen and oxygen atoms in total. The fourth-order valence-corrected chi connectivity index (χ4v) is 1.86. The molecule has 0 saturated heterocycles. The van der Waals surface area contributed by atoms with Crippen molar-refractivity contribution in [2.24, 2.45) is 0 Å². The first kappa shape index (κ1) is 15.4. The normalized spacial score (nSPS) is 10.4. The lowest BCUT2D eigenvalue weighted by atomic mass is 10.1. The number of aromatic carboxylic acids is 1. The Morgan fingerprint density at radius 3 is 2.58 bits per heavy atom. The average molecular weight is 265 g/mol. The Morgan fingerprint density at radius 1 is 1.21 bits per heavy atom. The highest BCUT2D eigenvalue weighted by molar-refractivity contribution is 5.85. The number of carbonyl (C=O) groups is 1. The number of carboxylic acids is 1. The minimum Gasteiger partial charge on any atom is -0.477 e. The average Bonchev–Trinajstić information content (AvgIpc) is 2.37. The van der Waals surface area contributed by atoms with E-state index in [1.807, 2.05) is 0 Å². The van der Waals surface area contributed by atoms with Crippen LogP contribution in [0.5, 0.6) is 0 Å². The summed E-state index contributed by atoms with van der Waals surface area (Å²) in [6, 6.07) is 1.47. The van der Waals surface area contributed by atoms with Gasteiger partial charge >= 0.3 is 5.97 Å². The molecule has 106 valence electrons. The first-order valence-corrected chi connectivity index (χ1v) is 6.96. The maximum absolute atomic E-state index is 10.9. The van der Waals surface area contributed by atoms with Crippen LogP contribution in [0.15, 0.2) is 6.07 Å². The molecular weight excluding hydrogens is 242 g/mol. The molecule has 0 saturated carbocycles. The van der Waals surface area contributed by atoms with E-state index in [2.05, 4.69) is 22.2 Å². The van der Waals surface area contributed by atoms with Gasteiger partial charge in [0.05, 0.1) is 0 Å². The quantitative estimate of drug-likeness (QED) is 0.670. The molecule has 0 aromatic carbocycles. The predicted molar refractivity (Wildman–Crippen MR) is 75.6 cm³/mol. The molecule has 0 aliphatic heterocycles. The topological polar surface area (TPSA) is 75.1 Å². The molecule has 0 atom stereocenters. The zero-order valence-corrected chi connectivity index (χ0v) is 11.8. The third-order valence-electron chi connectivity index (χ3n) is 2.89. The van der Waals surface area contributed by atoms with Gasteiger partial charge in [0.1, 0.15) is 0 Å². The molecule has 0 amide bonds. The SMILES string of the molecule is CCCCCCCCNc1nc(C)cc(C(=O)O)n1. The van der Waals surface area contributed by atoms with E-state index in [9.17, 15) is 4.79 Å². The molecule has 1 aromatic rings. The number of hydrogen-bond donors (Lipinski definition) is 2. The zero-order valence-electron chi connectivity index (χ0n) is 11.8. The van der Waals surface area contributed by atoms with Crippen LogP contribution < -0.4 is 5.32 Å². The molecule has 19 heavy (non-hydrogen) atoms. The second kappa shape index (κ2) is 8.45. The van der Waals surface area contributed by atoms with Crippen molar-refractivity contribution in [3.05, 3.63) is 17.5 Å². The molecule has 1 aromatic heterocycles. The molecule has 5 heteroatoms. The molecule has 0 fully saturated rings. The van der Waals surface area contributed by atoms with Crippen LogP contribution in [-0.2, 0) is 0 Å². The van der Waals surface area contributed by atoms with Gasteiger partial charge in [0.25, 0.3) is 0 Å². The molecule has 0 spiro atoms. The minimum atomic E-state index is -1.02. The van der Waals surface area contributed by atoms with Gasteiger partial charge in [0, 0.05) is 12.2 Å². The van der Waals surface area contributed by atoms with Crippen molar-refractivity contribution in [1.82, 2.24) is 9.97 Å². The monoisotopic (exact) mass is 265 g/mol. The lowest BCUT2D eigenvalue weighted by Crippen LogP contribution is -2.10. The number of nitrogens with one attached hydrogen (secondary N) is 1. The summed E-state index contributed by atoms with van der Waals surface area (Å²) in [6.07, 6.45) is 7.35. The van der Waals surface area contributed by atoms with Gasteiger partial charge in [-0.1, -0.05) is 39.0 Å². The first-order valence-electron chi connectivity index (χ1n) is 6.96. The van der Waals surface area contributed by atoms with Crippen molar-refractivity contribution in [3.63, 3.8) is 0 Å². The van der Waals surface area contributed by atoms with E-state index in [1.54, 1.807) is 6.92 Å². The number of unbranched alkanes of at least 4 members (excludes halogenated alkanes) is 5. The highest BCUT2D eigenvalue weighted by Crippen LogP contribution is 2.07. The van der Waals surface area contributed by atoms with Crippen molar-refractivity contribution in [1.29, 1.82) is 0 Å². The zero-order chi connectivity index (χ0) is 14.1. The Kier molecular flexibility index (Phi) is 6.85. The number of hydrogen-bond acceptors (Lipinski definition) is 4. The third-order valence-corrected chi connectivity index (χ3v) is 2.89. The summed E-state index contributed by atoms with van der Waals surface area (Å²) < 4.78 is 0. The summed E-state index contributed by atoms with van der Waals surface area (Å²) in [6.45, 7) is 4.76. The fourth-order valence-electron chi connectivity index (χ4n) is 1.86. The molecular formula is C14H23N3O2. The van der Waals surface area contributed by atoms with Crippen LogP contribution in [0.1, 0.15) is 61.6 Å². The summed E-state index contributed by atoms with van der Waals surface area (Å²) >= 11 is 0. The summed E-state index contributed by atoms with van der Waals surface area (Å²) in [5.41, 5.74) is 0.704. The Morgan fingerprint density at radius 2 is 1.89 bits per heavy atom. The van der Waals surface area contributed by atoms with E-state index >= 15 is 0 Å². The van der Waals surface area contributed by atoms with Crippen LogP contribution >= 0.6 is 0 Å². The number of aryl methyl sites for hydroxylation is 1. The summed E-state index contributed by atoms with van der Waals surface area (Å²) in [5, 5.41) is 12.0. The van der Waals surface area contributed by atoms with E-state index < -0.39 is 5.97 Å². The number of rotatable bonds is 9. The second-order valence-corrected chi connectivity index (χ2v) is 4.72. The smallest absolute Gasteiger partial charge is 0.354 e. The van der Waals surface area contributed by atoms with Crippen LogP contribution in [-0.4, -0.2) is 27.6 Å². The van der Waals surface area contributed by atoms with Crippen molar-refractivity contribution in [2.45, 2.75) is 52.4 Å². The molecule has 0 bridgehead atoms. The Hall–Kier alpha value is -1.65. The van der Waals surface area contributed by atoms with Gasteiger partial charge in [-0.25, -0.2) is 14.8 Å². The van der Waals surface area contributed by atoms with Gasteiger partial charge in [-0.15, -0.1) is 0 Å². The second-order valence-electron chi connectivity index (χ2n) is 4.72. The van der Waals surface area contributed by atoms with Crippen LogP contribution in [0.2, 0.25) is 0 Å². The maximum Gasteiger partial charge on any atom is 0.354 e. The Balaban J connectivity index is 2.31. The number of nitrogens with zero attached hydrogens (tertiary/aromatic N) is 2. The molecule has 1 heterocycles. The number of carboxylic acid groups (broad SMARTS) is 1. The van der Waals surface area contributed by atoms with Crippen molar-refractivity contribution in [3.8, 4) is 0 Å². The highest BCUT2D eigenvalue weighted by Gasteiger charge is 2.07.